The summed E-state index contributed by atoms with van der Waals surface area (Å²) >= 11 is 7.47. The molecule has 0 aliphatic carbocycles. The van der Waals surface area contributed by atoms with E-state index >= 15 is 0 Å². The van der Waals surface area contributed by atoms with E-state index in [1.54, 1.807) is 0 Å². The van der Waals surface area contributed by atoms with E-state index in [9.17, 15) is 0 Å². The lowest BCUT2D eigenvalue weighted by molar-refractivity contribution is 0.643. The topological polar surface area (TPSA) is 6.48 Å². The molecule has 0 saturated heterocycles. The molecule has 2 aromatic rings. The molecule has 0 amide bonds. The third-order valence-electron chi connectivity index (χ3n) is 4.53. The van der Waals surface area contributed by atoms with Gasteiger partial charge >= 0.3 is 0 Å². The van der Waals surface area contributed by atoms with Crippen LogP contribution in [0.3, 0.4) is 0 Å². The van der Waals surface area contributed by atoms with Crippen LogP contribution in [-0.2, 0) is 13.1 Å². The molecule has 0 saturated carbocycles. The number of hydrogen-bond acceptors (Lipinski definition) is 2. The van der Waals surface area contributed by atoms with Gasteiger partial charge in [0, 0.05) is 44.5 Å². The fourth-order valence-electron chi connectivity index (χ4n) is 3.63. The van der Waals surface area contributed by atoms with Crippen LogP contribution in [0.25, 0.3) is 0 Å². The first-order valence-corrected chi connectivity index (χ1v) is 8.70. The number of fused-ring (bicyclic) bond motifs is 6. The molecule has 21 heavy (non-hydrogen) atoms. The Balaban J connectivity index is 1.93. The number of rotatable bonds is 0. The molecule has 4 rings (SSSR count). The molecule has 2 aliphatic heterocycles. The second kappa shape index (κ2) is 4.75. The second-order valence-electron chi connectivity index (χ2n) is 5.92. The highest BCUT2D eigenvalue weighted by molar-refractivity contribution is 9.10. The predicted octanol–water partition coefficient (Wildman–Crippen LogP) is 5.13. The van der Waals surface area contributed by atoms with E-state index in [0.29, 0.717) is 0 Å². The molecule has 0 aromatic heterocycles. The summed E-state index contributed by atoms with van der Waals surface area (Å²) in [5, 5.41) is 0. The van der Waals surface area contributed by atoms with Gasteiger partial charge in [-0.15, -0.1) is 0 Å². The number of anilines is 2. The molecule has 2 aromatic carbocycles. The molecular formula is C17H16Br2N2. The molecule has 0 radical (unpaired) electrons. The van der Waals surface area contributed by atoms with Gasteiger partial charge in [-0.3, -0.25) is 0 Å². The molecule has 2 heterocycles. The van der Waals surface area contributed by atoms with Crippen LogP contribution in [0.1, 0.15) is 22.3 Å². The minimum Gasteiger partial charge on any atom is -0.349 e. The van der Waals surface area contributed by atoms with Gasteiger partial charge in [-0.1, -0.05) is 44.0 Å². The lowest BCUT2D eigenvalue weighted by Crippen LogP contribution is -2.47. The van der Waals surface area contributed by atoms with Gasteiger partial charge in [-0.05, 0) is 37.1 Å². The van der Waals surface area contributed by atoms with Gasteiger partial charge in [0.25, 0.3) is 0 Å². The summed E-state index contributed by atoms with van der Waals surface area (Å²) in [5.41, 5.74) is 8.34. The Morgan fingerprint density at radius 3 is 1.62 bits per heavy atom. The van der Waals surface area contributed by atoms with Gasteiger partial charge in [0.05, 0.1) is 6.67 Å². The lowest BCUT2D eigenvalue weighted by atomic mass is 9.97. The highest BCUT2D eigenvalue weighted by Gasteiger charge is 2.33. The van der Waals surface area contributed by atoms with Gasteiger partial charge < -0.3 is 9.80 Å². The molecule has 2 bridgehead atoms. The molecular weight excluding hydrogens is 392 g/mol. The van der Waals surface area contributed by atoms with Crippen molar-refractivity contribution in [2.75, 3.05) is 16.5 Å². The Bertz CT molecular complexity index is 691. The zero-order valence-electron chi connectivity index (χ0n) is 12.1. The summed E-state index contributed by atoms with van der Waals surface area (Å²) in [5.74, 6) is 0. The van der Waals surface area contributed by atoms with Gasteiger partial charge in [0.2, 0.25) is 0 Å². The van der Waals surface area contributed by atoms with Crippen molar-refractivity contribution in [1.29, 1.82) is 0 Å². The van der Waals surface area contributed by atoms with E-state index < -0.39 is 0 Å². The second-order valence-corrected chi connectivity index (χ2v) is 7.63. The lowest BCUT2D eigenvalue weighted by Gasteiger charge is -2.46. The summed E-state index contributed by atoms with van der Waals surface area (Å²) in [7, 11) is 0. The van der Waals surface area contributed by atoms with Crippen LogP contribution in [0.15, 0.2) is 33.2 Å². The maximum Gasteiger partial charge on any atom is 0.0910 e. The van der Waals surface area contributed by atoms with Crippen molar-refractivity contribution in [2.45, 2.75) is 26.9 Å². The van der Waals surface area contributed by atoms with Gasteiger partial charge in [0.15, 0.2) is 0 Å². The van der Waals surface area contributed by atoms with Crippen molar-refractivity contribution >= 4 is 43.2 Å². The van der Waals surface area contributed by atoms with E-state index in [4.69, 9.17) is 0 Å². The number of hydrogen-bond donors (Lipinski definition) is 0. The van der Waals surface area contributed by atoms with E-state index in [1.807, 2.05) is 0 Å². The minimum atomic E-state index is 0.971. The van der Waals surface area contributed by atoms with Crippen molar-refractivity contribution in [3.05, 3.63) is 55.5 Å². The van der Waals surface area contributed by atoms with Crippen LogP contribution in [0.5, 0.6) is 0 Å². The maximum atomic E-state index is 3.73. The van der Waals surface area contributed by atoms with Crippen molar-refractivity contribution in [2.24, 2.45) is 0 Å². The summed E-state index contributed by atoms with van der Waals surface area (Å²) < 4.78 is 2.43. The molecule has 0 spiro atoms. The largest absolute Gasteiger partial charge is 0.349 e. The highest BCUT2D eigenvalue weighted by atomic mass is 79.9. The summed E-state index contributed by atoms with van der Waals surface area (Å²) in [6.45, 7) is 7.34. The first-order valence-electron chi connectivity index (χ1n) is 7.12. The van der Waals surface area contributed by atoms with E-state index in [-0.39, 0.29) is 0 Å². The Labute approximate surface area is 142 Å². The van der Waals surface area contributed by atoms with E-state index in [1.165, 1.54) is 42.6 Å². The number of halogens is 2. The third kappa shape index (κ3) is 1.95. The van der Waals surface area contributed by atoms with Gasteiger partial charge in [-0.25, -0.2) is 0 Å². The third-order valence-corrected chi connectivity index (χ3v) is 6.01. The average Bonchev–Trinajstić information content (AvgIpc) is 2.46. The van der Waals surface area contributed by atoms with Crippen LogP contribution >= 0.6 is 31.9 Å². The zero-order chi connectivity index (χ0) is 14.7. The highest BCUT2D eigenvalue weighted by Crippen LogP contribution is 2.44. The van der Waals surface area contributed by atoms with Crippen molar-refractivity contribution in [3.8, 4) is 0 Å². The molecule has 0 N–H and O–H groups in total. The summed E-state index contributed by atoms with van der Waals surface area (Å²) in [6.07, 6.45) is 0. The fourth-order valence-corrected chi connectivity index (χ4v) is 4.52. The number of nitrogens with zero attached hydrogens (tertiary/aromatic N) is 2. The van der Waals surface area contributed by atoms with Crippen molar-refractivity contribution in [1.82, 2.24) is 0 Å². The SMILES string of the molecule is Cc1ccc(Br)c2c1N1Cc3c(Br)ccc(C)c3N(C2)C1. The van der Waals surface area contributed by atoms with E-state index in [2.05, 4.69) is 79.8 Å². The van der Waals surface area contributed by atoms with Crippen LogP contribution in [0.2, 0.25) is 0 Å². The van der Waals surface area contributed by atoms with Crippen LogP contribution in [0, 0.1) is 13.8 Å². The Hall–Kier alpha value is -1.00. The first kappa shape index (κ1) is 13.6. The maximum absolute atomic E-state index is 3.73. The van der Waals surface area contributed by atoms with Gasteiger partial charge in [-0.2, -0.15) is 0 Å². The monoisotopic (exact) mass is 406 g/mol. The van der Waals surface area contributed by atoms with E-state index in [0.717, 1.165) is 19.8 Å². The molecule has 0 unspecified atom stereocenters. The molecule has 108 valence electrons. The molecule has 4 heteroatoms. The first-order chi connectivity index (χ1) is 10.1. The zero-order valence-corrected chi connectivity index (χ0v) is 15.3. The summed E-state index contributed by atoms with van der Waals surface area (Å²) in [6, 6.07) is 8.76. The van der Waals surface area contributed by atoms with Gasteiger partial charge in [0.1, 0.15) is 0 Å². The quantitative estimate of drug-likeness (QED) is 0.597. The smallest absolute Gasteiger partial charge is 0.0910 e. The van der Waals surface area contributed by atoms with Crippen molar-refractivity contribution < 1.29 is 0 Å². The van der Waals surface area contributed by atoms with Crippen molar-refractivity contribution in [3.63, 3.8) is 0 Å². The summed E-state index contributed by atoms with van der Waals surface area (Å²) in [4.78, 5) is 4.98. The normalized spacial score (nSPS) is 15.8. The Morgan fingerprint density at radius 1 is 0.762 bits per heavy atom. The standard InChI is InChI=1S/C17H16Br2N2/c1-10-3-5-14(18)12-7-21-9-20(16(10)12)8-13-15(19)6-4-11(2)17(13)21/h3-6H,7-9H2,1-2H3. The average molecular weight is 408 g/mol. The Kier molecular flexibility index (Phi) is 3.09. The minimum absolute atomic E-state index is 0.971. The molecule has 2 aliphatic rings. The molecule has 2 nitrogen and oxygen atoms in total. The fraction of sp³-hybridized carbons (Fsp3) is 0.294. The number of benzene rings is 2. The van der Waals surface area contributed by atoms with Crippen LogP contribution in [-0.4, -0.2) is 6.67 Å². The van der Waals surface area contributed by atoms with Crippen LogP contribution in [0.4, 0.5) is 11.4 Å². The predicted molar refractivity (Wildman–Crippen MR) is 95.0 cm³/mol. The van der Waals surface area contributed by atoms with Crippen LogP contribution < -0.4 is 9.80 Å². The number of aryl methyl sites for hydroxylation is 2. The molecule has 0 atom stereocenters. The Morgan fingerprint density at radius 2 is 1.19 bits per heavy atom. The molecule has 0 fully saturated rings.